The summed E-state index contributed by atoms with van der Waals surface area (Å²) in [6, 6.07) is 0.520. The first-order chi connectivity index (χ1) is 16.1. The Kier molecular flexibility index (Phi) is 5.07. The molecule has 178 valence electrons. The highest BCUT2D eigenvalue weighted by Gasteiger charge is 2.65. The lowest BCUT2D eigenvalue weighted by Gasteiger charge is -2.51. The van der Waals surface area contributed by atoms with Gasteiger partial charge in [-0.15, -0.1) is 12.4 Å². The predicted octanol–water partition coefficient (Wildman–Crippen LogP) is 0.530. The van der Waals surface area contributed by atoms with E-state index in [1.54, 1.807) is 0 Å². The monoisotopic (exact) mass is 503 g/mol. The summed E-state index contributed by atoms with van der Waals surface area (Å²) in [4.78, 5) is 39.4. The van der Waals surface area contributed by atoms with E-state index in [2.05, 4.69) is 0 Å². The van der Waals surface area contributed by atoms with Gasteiger partial charge < -0.3 is 31.3 Å². The lowest BCUT2D eigenvalue weighted by Crippen LogP contribution is -2.66. The van der Waals surface area contributed by atoms with Crippen LogP contribution in [0.15, 0.2) is 29.0 Å². The third kappa shape index (κ3) is 3.09. The molecule has 3 aliphatic carbocycles. The fourth-order valence-corrected chi connectivity index (χ4v) is 5.36. The van der Waals surface area contributed by atoms with Gasteiger partial charge in [0.25, 0.3) is 5.91 Å². The van der Waals surface area contributed by atoms with E-state index in [-0.39, 0.29) is 28.6 Å². The molecule has 1 amide bonds. The molecule has 0 aliphatic heterocycles. The second-order valence-corrected chi connectivity index (χ2v) is 8.52. The smallest absolute Gasteiger partial charge is 0.255 e. The highest BCUT2D eigenvalue weighted by atomic mass is 35.5. The third-order valence-electron chi connectivity index (χ3n) is 6.50. The number of rotatable bonds is 2. The number of fused-ring (bicyclic) bond motifs is 3. The highest BCUT2D eigenvalue weighted by molar-refractivity contribution is 6.32. The van der Waals surface area contributed by atoms with Crippen molar-refractivity contribution in [2.75, 3.05) is 14.0 Å². The number of hydrogen-bond donors (Lipinski definition) is 6. The summed E-state index contributed by atoms with van der Waals surface area (Å²) in [6.45, 7) is -2.94. The number of aliphatic hydroxyl groups is 4. The van der Waals surface area contributed by atoms with Crippen molar-refractivity contribution in [2.45, 2.75) is 24.2 Å². The standard InChI is InChI=1S/C21H21ClN2O8.ClH/c1-24(2)14-7-5-6-10(16(27)12-9(25)4-3-8(22)11(12)15(6)26)18(29)21(7,32)19(30)13(17(14)28)20(23)31;/h3-4,6-7,14-15,25-27,30,32H,5H2,1-2H3,(H2,23,31);1H/t6-,7-,14-,15-,21-;/m1./s1/i1D3;. The topological polar surface area (TPSA) is 182 Å². The second-order valence-electron chi connectivity index (χ2n) is 8.11. The van der Waals surface area contributed by atoms with Gasteiger partial charge in [-0.2, -0.15) is 0 Å². The number of primary amides is 1. The van der Waals surface area contributed by atoms with Crippen LogP contribution in [0.25, 0.3) is 5.76 Å². The van der Waals surface area contributed by atoms with Gasteiger partial charge in [-0.1, -0.05) is 11.6 Å². The first-order valence-corrected chi connectivity index (χ1v) is 9.85. The molecule has 33 heavy (non-hydrogen) atoms. The summed E-state index contributed by atoms with van der Waals surface area (Å²) in [7, 11) is 1.01. The maximum Gasteiger partial charge on any atom is 0.255 e. The van der Waals surface area contributed by atoms with Crippen molar-refractivity contribution in [3.63, 3.8) is 0 Å². The summed E-state index contributed by atoms with van der Waals surface area (Å²) in [5.41, 5.74) is -0.0607. The Morgan fingerprint density at radius 3 is 2.52 bits per heavy atom. The van der Waals surface area contributed by atoms with E-state index in [0.29, 0.717) is 4.90 Å². The van der Waals surface area contributed by atoms with Gasteiger partial charge in [0.2, 0.25) is 5.78 Å². The molecule has 1 saturated carbocycles. The Bertz CT molecular complexity index is 1260. The summed E-state index contributed by atoms with van der Waals surface area (Å²) >= 11 is 6.17. The molecule has 1 aromatic rings. The van der Waals surface area contributed by atoms with E-state index < -0.39 is 88.9 Å². The van der Waals surface area contributed by atoms with Gasteiger partial charge in [0.05, 0.1) is 17.7 Å². The summed E-state index contributed by atoms with van der Waals surface area (Å²) < 4.78 is 23.1. The number of nitrogens with zero attached hydrogens (tertiary/aromatic N) is 1. The number of phenolic OH excluding ortho intramolecular Hbond substituents is 1. The molecule has 4 rings (SSSR count). The van der Waals surface area contributed by atoms with Gasteiger partial charge in [-0.05, 0) is 32.6 Å². The zero-order valence-electron chi connectivity index (χ0n) is 19.9. The number of aromatic hydroxyl groups is 1. The molecule has 0 spiro atoms. The van der Waals surface area contributed by atoms with Crippen molar-refractivity contribution in [3.8, 4) is 5.75 Å². The van der Waals surface area contributed by atoms with Crippen LogP contribution in [-0.2, 0) is 14.4 Å². The Balaban J connectivity index is 0.00000361. The lowest BCUT2D eigenvalue weighted by atomic mass is 9.57. The van der Waals surface area contributed by atoms with Gasteiger partial charge in [-0.25, -0.2) is 0 Å². The SMILES string of the molecule is Cl.[2H]C([2H])([2H])N(C)[C@H]1C(=O)C(C(N)=O)=C(O)[C@]2(O)C(=O)C3=C(O)c4c(O)ccc(Cl)c4[C@H](O)[C@@H]3C[C@H]12. The molecule has 0 radical (unpaired) electrons. The largest absolute Gasteiger partial charge is 0.508 e. The van der Waals surface area contributed by atoms with E-state index in [4.69, 9.17) is 21.4 Å². The fraction of sp³-hybridized carbons (Fsp3) is 0.381. The molecule has 7 N–H and O–H groups in total. The normalized spacial score (nSPS) is 32.8. The van der Waals surface area contributed by atoms with Crippen molar-refractivity contribution in [1.82, 2.24) is 4.90 Å². The first kappa shape index (κ1) is 20.9. The van der Waals surface area contributed by atoms with Crippen LogP contribution in [0.4, 0.5) is 0 Å². The lowest BCUT2D eigenvalue weighted by molar-refractivity contribution is -0.155. The van der Waals surface area contributed by atoms with E-state index in [1.165, 1.54) is 6.07 Å². The van der Waals surface area contributed by atoms with Gasteiger partial charge in [0, 0.05) is 32.1 Å². The zero-order valence-corrected chi connectivity index (χ0v) is 18.5. The molecule has 1 aromatic carbocycles. The number of benzene rings is 1. The molecule has 5 atom stereocenters. The van der Waals surface area contributed by atoms with Gasteiger partial charge in [0.1, 0.15) is 22.8 Å². The zero-order chi connectivity index (χ0) is 26.4. The van der Waals surface area contributed by atoms with Crippen LogP contribution in [0.5, 0.6) is 5.75 Å². The summed E-state index contributed by atoms with van der Waals surface area (Å²) in [5, 5.41) is 54.5. The highest BCUT2D eigenvalue weighted by Crippen LogP contribution is 2.56. The number of Topliss-reactive ketones (excluding diaryl/α,β-unsaturated/α-hetero) is 2. The third-order valence-corrected chi connectivity index (χ3v) is 6.83. The number of likely N-dealkylation sites (N-methyl/N-ethyl adjacent to an activating group) is 1. The average Bonchev–Trinajstić information content (AvgIpc) is 2.74. The van der Waals surface area contributed by atoms with Gasteiger partial charge in [0.15, 0.2) is 11.4 Å². The molecule has 0 unspecified atom stereocenters. The summed E-state index contributed by atoms with van der Waals surface area (Å²) in [5.74, 6) is -9.87. The minimum atomic E-state index is -3.05. The maximum atomic E-state index is 13.7. The van der Waals surface area contributed by atoms with Crippen molar-refractivity contribution in [1.29, 1.82) is 0 Å². The van der Waals surface area contributed by atoms with Crippen molar-refractivity contribution >= 4 is 47.2 Å². The number of carbonyl (C=O) groups is 3. The number of phenols is 1. The minimum Gasteiger partial charge on any atom is -0.508 e. The molecule has 10 nitrogen and oxygen atoms in total. The van der Waals surface area contributed by atoms with Crippen molar-refractivity contribution < 1.29 is 44.0 Å². The molecule has 0 aromatic heterocycles. The van der Waals surface area contributed by atoms with E-state index in [9.17, 15) is 39.9 Å². The van der Waals surface area contributed by atoms with Crippen molar-refractivity contribution in [2.24, 2.45) is 17.6 Å². The molecule has 1 fully saturated rings. The van der Waals surface area contributed by atoms with Crippen LogP contribution in [0, 0.1) is 11.8 Å². The van der Waals surface area contributed by atoms with Gasteiger partial charge in [-0.3, -0.25) is 19.3 Å². The molecule has 3 aliphatic rings. The molecule has 12 heteroatoms. The average molecular weight is 504 g/mol. The van der Waals surface area contributed by atoms with Crippen LogP contribution >= 0.6 is 24.0 Å². The van der Waals surface area contributed by atoms with Crippen LogP contribution in [0.3, 0.4) is 0 Å². The number of carbonyl (C=O) groups excluding carboxylic acids is 3. The van der Waals surface area contributed by atoms with E-state index in [0.717, 1.165) is 13.1 Å². The quantitative estimate of drug-likeness (QED) is 0.313. The minimum absolute atomic E-state index is 0. The van der Waals surface area contributed by atoms with Crippen LogP contribution < -0.4 is 5.73 Å². The summed E-state index contributed by atoms with van der Waals surface area (Å²) in [6.07, 6.45) is -2.12. The number of nitrogens with two attached hydrogens (primary N) is 1. The number of hydrogen-bond acceptors (Lipinski definition) is 9. The molecular formula is C21H22Cl2N2O8. The van der Waals surface area contributed by atoms with Crippen LogP contribution in [0.1, 0.15) is 27.8 Å². The molecule has 0 heterocycles. The van der Waals surface area contributed by atoms with Crippen LogP contribution in [0.2, 0.25) is 5.02 Å². The fourth-order valence-electron chi connectivity index (χ4n) is 5.09. The number of halogens is 2. The Hall–Kier alpha value is -2.63. The number of aliphatic hydroxyl groups excluding tert-OH is 3. The van der Waals surface area contributed by atoms with Crippen molar-refractivity contribution in [3.05, 3.63) is 45.2 Å². The van der Waals surface area contributed by atoms with Crippen LogP contribution in [-0.4, -0.2) is 73.6 Å². The van der Waals surface area contributed by atoms with E-state index in [1.807, 2.05) is 0 Å². The Morgan fingerprint density at radius 2 is 1.94 bits per heavy atom. The second kappa shape index (κ2) is 8.00. The van der Waals surface area contributed by atoms with E-state index >= 15 is 0 Å². The first-order valence-electron chi connectivity index (χ1n) is 11.0. The molecule has 0 bridgehead atoms. The predicted molar refractivity (Wildman–Crippen MR) is 118 cm³/mol. The maximum absolute atomic E-state index is 13.7. The number of ketones is 2. The number of amides is 1. The Morgan fingerprint density at radius 1 is 1.30 bits per heavy atom. The molecular weight excluding hydrogens is 479 g/mol. The Labute approximate surface area is 203 Å². The van der Waals surface area contributed by atoms with Gasteiger partial charge >= 0.3 is 0 Å². The molecule has 0 saturated heterocycles.